The van der Waals surface area contributed by atoms with Gasteiger partial charge in [0.05, 0.1) is 6.61 Å². The number of fused-ring (bicyclic) bond motifs is 1. The number of unbranched alkanes of at least 4 members (excludes halogenated alkanes) is 1. The van der Waals surface area contributed by atoms with Crippen molar-refractivity contribution in [2.45, 2.75) is 38.3 Å². The Hall–Kier alpha value is -1.58. The molecule has 1 fully saturated rings. The van der Waals surface area contributed by atoms with Crippen molar-refractivity contribution in [3.63, 3.8) is 0 Å². The SMILES string of the molecule is OCCCCOc1ccc2ccccc2c1CNC1CC1. The highest BCUT2D eigenvalue weighted by Gasteiger charge is 2.21. The van der Waals surface area contributed by atoms with Crippen molar-refractivity contribution in [1.29, 1.82) is 0 Å². The van der Waals surface area contributed by atoms with E-state index in [4.69, 9.17) is 9.84 Å². The van der Waals surface area contributed by atoms with Gasteiger partial charge in [0.25, 0.3) is 0 Å². The lowest BCUT2D eigenvalue weighted by Gasteiger charge is -2.15. The molecular formula is C18H23NO2. The quantitative estimate of drug-likeness (QED) is 0.732. The highest BCUT2D eigenvalue weighted by molar-refractivity contribution is 5.87. The zero-order chi connectivity index (χ0) is 14.5. The van der Waals surface area contributed by atoms with E-state index in [1.165, 1.54) is 29.2 Å². The van der Waals surface area contributed by atoms with E-state index >= 15 is 0 Å². The van der Waals surface area contributed by atoms with E-state index in [1.54, 1.807) is 0 Å². The standard InChI is InChI=1S/C18H23NO2/c20-11-3-4-12-21-18-10-7-14-5-1-2-6-16(14)17(18)13-19-15-8-9-15/h1-2,5-7,10,15,19-20H,3-4,8-9,11-13H2. The average Bonchev–Trinajstić information content (AvgIpc) is 3.34. The van der Waals surface area contributed by atoms with Crippen LogP contribution in [-0.2, 0) is 6.54 Å². The van der Waals surface area contributed by atoms with Crippen molar-refractivity contribution in [3.8, 4) is 5.75 Å². The first-order valence-electron chi connectivity index (χ1n) is 7.86. The van der Waals surface area contributed by atoms with Gasteiger partial charge >= 0.3 is 0 Å². The molecule has 0 aromatic heterocycles. The summed E-state index contributed by atoms with van der Waals surface area (Å²) >= 11 is 0. The summed E-state index contributed by atoms with van der Waals surface area (Å²) in [4.78, 5) is 0. The van der Waals surface area contributed by atoms with Crippen molar-refractivity contribution in [3.05, 3.63) is 42.0 Å². The number of hydrogen-bond donors (Lipinski definition) is 2. The monoisotopic (exact) mass is 285 g/mol. The van der Waals surface area contributed by atoms with Crippen LogP contribution >= 0.6 is 0 Å². The number of nitrogens with one attached hydrogen (secondary N) is 1. The van der Waals surface area contributed by atoms with Crippen molar-refractivity contribution >= 4 is 10.8 Å². The van der Waals surface area contributed by atoms with Gasteiger partial charge in [-0.2, -0.15) is 0 Å². The minimum Gasteiger partial charge on any atom is -0.493 e. The van der Waals surface area contributed by atoms with Gasteiger partial charge < -0.3 is 15.2 Å². The molecule has 0 radical (unpaired) electrons. The lowest BCUT2D eigenvalue weighted by molar-refractivity contribution is 0.252. The molecule has 0 aliphatic heterocycles. The van der Waals surface area contributed by atoms with Crippen LogP contribution in [0.15, 0.2) is 36.4 Å². The maximum Gasteiger partial charge on any atom is 0.124 e. The molecule has 2 N–H and O–H groups in total. The van der Waals surface area contributed by atoms with Crippen molar-refractivity contribution < 1.29 is 9.84 Å². The molecule has 3 nitrogen and oxygen atoms in total. The zero-order valence-corrected chi connectivity index (χ0v) is 12.3. The molecule has 0 spiro atoms. The molecule has 1 aliphatic rings. The Bertz CT molecular complexity index is 593. The molecule has 0 amide bonds. The Kier molecular flexibility index (Phi) is 4.73. The van der Waals surface area contributed by atoms with Crippen LogP contribution in [0.5, 0.6) is 5.75 Å². The predicted molar refractivity (Wildman–Crippen MR) is 85.6 cm³/mol. The number of ether oxygens (including phenoxy) is 1. The van der Waals surface area contributed by atoms with Crippen LogP contribution in [0.1, 0.15) is 31.2 Å². The Morgan fingerprint density at radius 2 is 1.95 bits per heavy atom. The fourth-order valence-corrected chi connectivity index (χ4v) is 2.56. The molecule has 1 saturated carbocycles. The van der Waals surface area contributed by atoms with Crippen LogP contribution in [0, 0.1) is 0 Å². The summed E-state index contributed by atoms with van der Waals surface area (Å²) in [6.07, 6.45) is 4.26. The maximum atomic E-state index is 8.85. The zero-order valence-electron chi connectivity index (χ0n) is 12.3. The Morgan fingerprint density at radius 3 is 2.76 bits per heavy atom. The van der Waals surface area contributed by atoms with Gasteiger partial charge in [0.1, 0.15) is 5.75 Å². The van der Waals surface area contributed by atoms with Gasteiger partial charge in [0, 0.05) is 24.8 Å². The third-order valence-corrected chi connectivity index (χ3v) is 3.95. The summed E-state index contributed by atoms with van der Waals surface area (Å²) in [6.45, 7) is 1.76. The van der Waals surface area contributed by atoms with Crippen LogP contribution in [0.4, 0.5) is 0 Å². The number of aliphatic hydroxyl groups is 1. The highest BCUT2D eigenvalue weighted by atomic mass is 16.5. The first-order valence-corrected chi connectivity index (χ1v) is 7.86. The van der Waals surface area contributed by atoms with E-state index in [9.17, 15) is 0 Å². The average molecular weight is 285 g/mol. The second-order valence-corrected chi connectivity index (χ2v) is 5.70. The van der Waals surface area contributed by atoms with Crippen LogP contribution in [0.25, 0.3) is 10.8 Å². The van der Waals surface area contributed by atoms with E-state index in [2.05, 4.69) is 41.7 Å². The highest BCUT2D eigenvalue weighted by Crippen LogP contribution is 2.29. The summed E-state index contributed by atoms with van der Waals surface area (Å²) < 4.78 is 5.95. The van der Waals surface area contributed by atoms with Crippen LogP contribution in [0.2, 0.25) is 0 Å². The van der Waals surface area contributed by atoms with E-state index in [1.807, 2.05) is 0 Å². The molecule has 0 atom stereocenters. The Labute approximate surface area is 125 Å². The topological polar surface area (TPSA) is 41.5 Å². The molecule has 1 aliphatic carbocycles. The van der Waals surface area contributed by atoms with Crippen LogP contribution in [0.3, 0.4) is 0 Å². The summed E-state index contributed by atoms with van der Waals surface area (Å²) in [5, 5.41) is 15.0. The minimum absolute atomic E-state index is 0.233. The van der Waals surface area contributed by atoms with Gasteiger partial charge in [-0.25, -0.2) is 0 Å². The molecular weight excluding hydrogens is 262 g/mol. The number of rotatable bonds is 8. The second-order valence-electron chi connectivity index (χ2n) is 5.70. The molecule has 0 unspecified atom stereocenters. The Balaban J connectivity index is 1.80. The minimum atomic E-state index is 0.233. The number of benzene rings is 2. The fourth-order valence-electron chi connectivity index (χ4n) is 2.56. The van der Waals surface area contributed by atoms with Gasteiger partial charge in [0.2, 0.25) is 0 Å². The normalized spacial score (nSPS) is 14.5. The van der Waals surface area contributed by atoms with Gasteiger partial charge in [-0.15, -0.1) is 0 Å². The molecule has 21 heavy (non-hydrogen) atoms. The molecule has 0 heterocycles. The van der Waals surface area contributed by atoms with Crippen molar-refractivity contribution in [1.82, 2.24) is 5.32 Å². The first kappa shape index (κ1) is 14.4. The molecule has 3 heteroatoms. The number of hydrogen-bond acceptors (Lipinski definition) is 3. The summed E-state index contributed by atoms with van der Waals surface area (Å²) in [7, 11) is 0. The molecule has 2 aromatic rings. The summed E-state index contributed by atoms with van der Waals surface area (Å²) in [5.41, 5.74) is 1.25. The van der Waals surface area contributed by atoms with Gasteiger partial charge in [-0.1, -0.05) is 30.3 Å². The molecule has 2 aromatic carbocycles. The third kappa shape index (κ3) is 3.74. The van der Waals surface area contributed by atoms with Crippen molar-refractivity contribution in [2.24, 2.45) is 0 Å². The third-order valence-electron chi connectivity index (χ3n) is 3.95. The predicted octanol–water partition coefficient (Wildman–Crippen LogP) is 3.24. The lowest BCUT2D eigenvalue weighted by Crippen LogP contribution is -2.16. The molecule has 3 rings (SSSR count). The number of aliphatic hydroxyl groups excluding tert-OH is 1. The fraction of sp³-hybridized carbons (Fsp3) is 0.444. The first-order chi connectivity index (χ1) is 10.4. The lowest BCUT2D eigenvalue weighted by atomic mass is 10.0. The van der Waals surface area contributed by atoms with Crippen molar-refractivity contribution in [2.75, 3.05) is 13.2 Å². The molecule has 0 bridgehead atoms. The van der Waals surface area contributed by atoms with Gasteiger partial charge in [-0.3, -0.25) is 0 Å². The van der Waals surface area contributed by atoms with E-state index < -0.39 is 0 Å². The largest absolute Gasteiger partial charge is 0.493 e. The maximum absolute atomic E-state index is 8.85. The van der Waals surface area contributed by atoms with E-state index in [0.717, 1.165) is 25.1 Å². The van der Waals surface area contributed by atoms with Crippen LogP contribution < -0.4 is 10.1 Å². The van der Waals surface area contributed by atoms with E-state index in [0.29, 0.717) is 12.6 Å². The summed E-state index contributed by atoms with van der Waals surface area (Å²) in [6, 6.07) is 13.3. The smallest absolute Gasteiger partial charge is 0.124 e. The molecule has 0 saturated heterocycles. The molecule has 112 valence electrons. The summed E-state index contributed by atoms with van der Waals surface area (Å²) in [5.74, 6) is 0.972. The second kappa shape index (κ2) is 6.92. The van der Waals surface area contributed by atoms with E-state index in [-0.39, 0.29) is 6.61 Å². The Morgan fingerprint density at radius 1 is 1.10 bits per heavy atom. The van der Waals surface area contributed by atoms with Crippen LogP contribution in [-0.4, -0.2) is 24.4 Å². The van der Waals surface area contributed by atoms with Gasteiger partial charge in [-0.05, 0) is 42.5 Å². The van der Waals surface area contributed by atoms with Gasteiger partial charge in [0.15, 0.2) is 0 Å².